The molecule has 0 radical (unpaired) electrons. The van der Waals surface area contributed by atoms with Gasteiger partial charge >= 0.3 is 0 Å². The molecule has 0 saturated carbocycles. The van der Waals surface area contributed by atoms with Gasteiger partial charge in [-0.3, -0.25) is 0 Å². The fourth-order valence-electron chi connectivity index (χ4n) is 2.78. The average Bonchev–Trinajstić information content (AvgIpc) is 2.90. The number of rotatable bonds is 3. The van der Waals surface area contributed by atoms with Gasteiger partial charge in [0.2, 0.25) is 0 Å². The van der Waals surface area contributed by atoms with Crippen LogP contribution >= 0.6 is 0 Å². The third-order valence-corrected chi connectivity index (χ3v) is 4.13. The molecule has 0 amide bonds. The molecule has 2 aromatic carbocycles. The van der Waals surface area contributed by atoms with E-state index in [1.165, 1.54) is 5.52 Å². The smallest absolute Gasteiger partial charge is 0.182 e. The number of pyridine rings is 2. The first-order valence-electron chi connectivity index (χ1n) is 7.94. The average molecular weight is 334 g/mol. The van der Waals surface area contributed by atoms with Crippen LogP contribution in [-0.4, -0.2) is 29.1 Å². The molecular weight excluding hydrogens is 316 g/mol. The van der Waals surface area contributed by atoms with Crippen LogP contribution in [0.1, 0.15) is 0 Å². The van der Waals surface area contributed by atoms with E-state index in [4.69, 9.17) is 9.26 Å². The molecule has 4 bridgehead atoms. The van der Waals surface area contributed by atoms with Crippen molar-refractivity contribution in [3.63, 3.8) is 0 Å². The summed E-state index contributed by atoms with van der Waals surface area (Å²) in [6.07, 6.45) is 1.78. The van der Waals surface area contributed by atoms with Crippen molar-refractivity contribution in [1.82, 2.24) is 14.9 Å². The van der Waals surface area contributed by atoms with E-state index in [0.717, 1.165) is 34.0 Å². The fraction of sp³-hybridized carbons (Fsp3) is 0.105. The molecule has 0 unspecified atom stereocenters. The van der Waals surface area contributed by atoms with Crippen molar-refractivity contribution in [2.24, 2.45) is 0 Å². The molecule has 6 nitrogen and oxygen atoms in total. The maximum Gasteiger partial charge on any atom is 0.182 e. The van der Waals surface area contributed by atoms with Gasteiger partial charge in [-0.25, -0.2) is 9.67 Å². The van der Waals surface area contributed by atoms with Crippen molar-refractivity contribution in [3.05, 3.63) is 60.8 Å². The zero-order chi connectivity index (χ0) is 17.2. The molecule has 25 heavy (non-hydrogen) atoms. The van der Waals surface area contributed by atoms with Crippen molar-refractivity contribution in [2.45, 2.75) is 0 Å². The van der Waals surface area contributed by atoms with Crippen LogP contribution in [0, 0.1) is 0 Å². The number of methoxy groups -OCH3 is 1. The number of hydrogen-bond acceptors (Lipinski definition) is 4. The lowest BCUT2D eigenvalue weighted by Gasteiger charge is -2.08. The topological polar surface area (TPSA) is 68.0 Å². The van der Waals surface area contributed by atoms with Crippen LogP contribution < -0.4 is 10.1 Å². The Morgan fingerprint density at radius 1 is 1.12 bits per heavy atom. The van der Waals surface area contributed by atoms with Crippen LogP contribution in [0.15, 0.2) is 65.3 Å². The first-order chi connectivity index (χ1) is 12.3. The van der Waals surface area contributed by atoms with Crippen LogP contribution in [0.3, 0.4) is 0 Å². The molecule has 6 heteroatoms. The number of aromatic nitrogens is 3. The van der Waals surface area contributed by atoms with Crippen molar-refractivity contribution in [3.8, 4) is 22.6 Å². The Hall–Kier alpha value is -3.41. The van der Waals surface area contributed by atoms with Gasteiger partial charge in [0.25, 0.3) is 0 Å². The maximum absolute atomic E-state index is 5.13. The Kier molecular flexibility index (Phi) is 3.78. The van der Waals surface area contributed by atoms with Crippen LogP contribution in [-0.2, 0) is 0 Å². The molecule has 0 aliphatic carbocycles. The highest BCUT2D eigenvalue weighted by Crippen LogP contribution is 2.28. The largest absolute Gasteiger partial charge is 0.497 e. The van der Waals surface area contributed by atoms with Crippen molar-refractivity contribution < 1.29 is 9.26 Å². The minimum Gasteiger partial charge on any atom is -0.497 e. The predicted octanol–water partition coefficient (Wildman–Crippen LogP) is 4.23. The summed E-state index contributed by atoms with van der Waals surface area (Å²) in [5.41, 5.74) is 5.45. The quantitative estimate of drug-likeness (QED) is 0.518. The Balaban J connectivity index is 0.000000144. The molecule has 3 aromatic rings. The molecular formula is C19H18N4O2. The zero-order valence-electron chi connectivity index (χ0n) is 14.0. The number of aromatic amines is 1. The summed E-state index contributed by atoms with van der Waals surface area (Å²) in [7, 11) is 3.54. The predicted molar refractivity (Wildman–Crippen MR) is 98.0 cm³/mol. The highest BCUT2D eigenvalue weighted by Gasteiger charge is 2.15. The number of ether oxygens (including phenoxy) is 1. The standard InChI is InChI=1S/C13H14N2O.C6H4N2O/c1-14-13-12(4-3-9-15-13)10-5-7-11(16-2)8-6-10;1-2-6-5-3-4(1)8(5)7-9-6/h3-9H,1-2H3,(H,14,15);1-3,7H. The van der Waals surface area contributed by atoms with Gasteiger partial charge in [0.05, 0.1) is 12.6 Å². The van der Waals surface area contributed by atoms with Gasteiger partial charge in [0.1, 0.15) is 17.3 Å². The van der Waals surface area contributed by atoms with Crippen LogP contribution in [0.2, 0.25) is 0 Å². The Morgan fingerprint density at radius 3 is 2.60 bits per heavy atom. The number of nitrogens with one attached hydrogen (secondary N) is 2. The molecule has 1 aromatic heterocycles. The number of fused-ring (bicyclic) bond motifs is 1. The summed E-state index contributed by atoms with van der Waals surface area (Å²) in [6.45, 7) is 0. The van der Waals surface area contributed by atoms with E-state index < -0.39 is 0 Å². The van der Waals surface area contributed by atoms with E-state index >= 15 is 0 Å². The second-order valence-corrected chi connectivity index (χ2v) is 5.56. The van der Waals surface area contributed by atoms with Crippen molar-refractivity contribution >= 4 is 16.9 Å². The lowest BCUT2D eigenvalue weighted by atomic mass is 10.1. The van der Waals surface area contributed by atoms with Crippen LogP contribution in [0.5, 0.6) is 5.75 Å². The minimum atomic E-state index is 0.860. The fourth-order valence-corrected chi connectivity index (χ4v) is 2.78. The zero-order valence-corrected chi connectivity index (χ0v) is 14.0. The summed E-state index contributed by atoms with van der Waals surface area (Å²) < 4.78 is 12.1. The van der Waals surface area contributed by atoms with Gasteiger partial charge in [-0.15, -0.1) is 0 Å². The number of hydrogen-bond donors (Lipinski definition) is 2. The summed E-state index contributed by atoms with van der Waals surface area (Å²) in [5, 5.41) is 5.83. The molecule has 0 spiro atoms. The summed E-state index contributed by atoms with van der Waals surface area (Å²) in [4.78, 5) is 4.27. The Morgan fingerprint density at radius 2 is 1.96 bits per heavy atom. The first kappa shape index (κ1) is 15.1. The van der Waals surface area contributed by atoms with E-state index in [-0.39, 0.29) is 0 Å². The highest BCUT2D eigenvalue weighted by molar-refractivity contribution is 5.78. The second kappa shape index (κ2) is 6.24. The molecule has 0 saturated heterocycles. The normalized spacial score (nSPS) is 10.8. The molecule has 3 aliphatic rings. The highest BCUT2D eigenvalue weighted by atomic mass is 16.5. The third kappa shape index (κ3) is 2.67. The van der Waals surface area contributed by atoms with Crippen molar-refractivity contribution in [2.75, 3.05) is 19.5 Å². The first-order valence-corrected chi connectivity index (χ1v) is 7.94. The van der Waals surface area contributed by atoms with Gasteiger partial charge in [-0.05, 0) is 48.0 Å². The number of H-pyrrole nitrogens is 1. The van der Waals surface area contributed by atoms with E-state index in [1.54, 1.807) is 13.3 Å². The van der Waals surface area contributed by atoms with Crippen LogP contribution in [0.25, 0.3) is 27.9 Å². The summed E-state index contributed by atoms with van der Waals surface area (Å²) >= 11 is 0. The number of benzene rings is 2. The van der Waals surface area contributed by atoms with Gasteiger partial charge < -0.3 is 14.6 Å². The monoisotopic (exact) mass is 334 g/mol. The van der Waals surface area contributed by atoms with Gasteiger partial charge in [0.15, 0.2) is 5.58 Å². The van der Waals surface area contributed by atoms with Crippen LogP contribution in [0.4, 0.5) is 5.82 Å². The van der Waals surface area contributed by atoms with E-state index in [1.807, 2.05) is 60.3 Å². The minimum absolute atomic E-state index is 0.860. The molecule has 3 aliphatic heterocycles. The molecule has 4 heterocycles. The van der Waals surface area contributed by atoms with E-state index in [9.17, 15) is 0 Å². The van der Waals surface area contributed by atoms with Gasteiger partial charge in [-0.2, -0.15) is 5.27 Å². The number of anilines is 1. The lowest BCUT2D eigenvalue weighted by molar-refractivity contribution is 0.409. The Bertz CT molecular complexity index is 1010. The third-order valence-electron chi connectivity index (χ3n) is 4.13. The van der Waals surface area contributed by atoms with Gasteiger partial charge in [0, 0.05) is 18.8 Å². The SMILES string of the molecule is CNc1ncccc1-c1ccc(OC)cc1.c1cc2cc3c1o[nH]n2-3. The van der Waals surface area contributed by atoms with E-state index in [0.29, 0.717) is 0 Å². The molecule has 6 rings (SSSR count). The van der Waals surface area contributed by atoms with Crippen molar-refractivity contribution in [1.29, 1.82) is 0 Å². The lowest BCUT2D eigenvalue weighted by Crippen LogP contribution is -2.02. The molecule has 126 valence electrons. The number of nitrogens with zero attached hydrogens (tertiary/aromatic N) is 2. The van der Waals surface area contributed by atoms with Gasteiger partial charge in [-0.1, -0.05) is 12.1 Å². The Labute approximate surface area is 144 Å². The van der Waals surface area contributed by atoms with E-state index in [2.05, 4.69) is 21.6 Å². The molecule has 2 N–H and O–H groups in total. The molecule has 0 atom stereocenters. The summed E-state index contributed by atoms with van der Waals surface area (Å²) in [6, 6.07) is 18.0. The summed E-state index contributed by atoms with van der Waals surface area (Å²) in [5.74, 6) is 1.74. The maximum atomic E-state index is 5.13. The second-order valence-electron chi connectivity index (χ2n) is 5.56. The molecule has 0 fully saturated rings.